The molecule has 1 aliphatic carbocycles. The molecule has 2 aromatic rings. The summed E-state index contributed by atoms with van der Waals surface area (Å²) in [6.07, 6.45) is 1.88. The van der Waals surface area contributed by atoms with E-state index >= 15 is 0 Å². The van der Waals surface area contributed by atoms with Gasteiger partial charge in [0.25, 0.3) is 0 Å². The molecular weight excluding hydrogens is 472 g/mol. The van der Waals surface area contributed by atoms with Gasteiger partial charge in [0.1, 0.15) is 4.21 Å². The van der Waals surface area contributed by atoms with Gasteiger partial charge in [0.15, 0.2) is 0 Å². The molecule has 1 aromatic heterocycles. The van der Waals surface area contributed by atoms with Gasteiger partial charge in [0.2, 0.25) is 15.9 Å². The fraction of sp³-hybridized carbons (Fsp3) is 0.389. The normalized spacial score (nSPS) is 20.7. The summed E-state index contributed by atoms with van der Waals surface area (Å²) in [5, 5.41) is 3.70. The number of carbonyl (C=O) groups excluding carboxylic acids is 1. The Morgan fingerprint density at radius 1 is 1.26 bits per heavy atom. The molecule has 27 heavy (non-hydrogen) atoms. The fourth-order valence-electron chi connectivity index (χ4n) is 3.11. The van der Waals surface area contributed by atoms with E-state index in [1.54, 1.807) is 13.0 Å². The molecule has 2 N–H and O–H groups in total. The molecule has 1 aliphatic rings. The Hall–Kier alpha value is -0.930. The van der Waals surface area contributed by atoms with E-state index in [1.165, 1.54) is 11.6 Å². The van der Waals surface area contributed by atoms with Crippen molar-refractivity contribution in [2.75, 3.05) is 0 Å². The van der Waals surface area contributed by atoms with Gasteiger partial charge in [-0.25, -0.2) is 13.1 Å². The van der Waals surface area contributed by atoms with E-state index in [0.29, 0.717) is 10.9 Å². The highest BCUT2D eigenvalue weighted by Crippen LogP contribution is 2.37. The lowest BCUT2D eigenvalue weighted by Gasteiger charge is -2.36. The summed E-state index contributed by atoms with van der Waals surface area (Å²) in [7, 11) is -3.60. The fourth-order valence-corrected chi connectivity index (χ4v) is 6.51. The molecule has 0 aliphatic heterocycles. The number of hydrogen-bond acceptors (Lipinski definition) is 4. The van der Waals surface area contributed by atoms with Crippen LogP contribution in [0, 0.1) is 0 Å². The summed E-state index contributed by atoms with van der Waals surface area (Å²) < 4.78 is 28.1. The predicted molar refractivity (Wildman–Crippen MR) is 112 cm³/mol. The number of thiophene rings is 1. The van der Waals surface area contributed by atoms with Crippen LogP contribution < -0.4 is 10.0 Å². The van der Waals surface area contributed by atoms with Crippen molar-refractivity contribution >= 4 is 54.8 Å². The summed E-state index contributed by atoms with van der Waals surface area (Å²) in [5.41, 5.74) is 1.23. The summed E-state index contributed by atoms with van der Waals surface area (Å²) in [6, 6.07) is 10.7. The summed E-state index contributed by atoms with van der Waals surface area (Å²) in [6.45, 7) is 1.69. The zero-order chi connectivity index (χ0) is 19.6. The van der Waals surface area contributed by atoms with E-state index in [4.69, 9.17) is 11.6 Å². The third-order valence-corrected chi connectivity index (χ3v) is 8.46. The Morgan fingerprint density at radius 3 is 2.52 bits per heavy atom. The van der Waals surface area contributed by atoms with Gasteiger partial charge in [-0.15, -0.1) is 11.3 Å². The van der Waals surface area contributed by atoms with Crippen molar-refractivity contribution in [3.05, 3.63) is 50.8 Å². The van der Waals surface area contributed by atoms with Crippen LogP contribution in [0.5, 0.6) is 0 Å². The molecule has 1 saturated carbocycles. The maximum absolute atomic E-state index is 12.3. The number of halogens is 2. The number of benzene rings is 1. The molecule has 1 fully saturated rings. The zero-order valence-corrected chi connectivity index (χ0v) is 18.6. The molecule has 0 radical (unpaired) electrons. The number of nitrogens with one attached hydrogen (secondary N) is 2. The quantitative estimate of drug-likeness (QED) is 0.607. The van der Waals surface area contributed by atoms with Crippen molar-refractivity contribution in [3.8, 4) is 0 Å². The zero-order valence-electron chi connectivity index (χ0n) is 14.6. The van der Waals surface area contributed by atoms with Crippen molar-refractivity contribution in [1.82, 2.24) is 10.0 Å². The molecule has 0 spiro atoms. The van der Waals surface area contributed by atoms with E-state index in [1.807, 2.05) is 24.3 Å². The highest BCUT2D eigenvalue weighted by molar-refractivity contribution is 9.11. The van der Waals surface area contributed by atoms with Gasteiger partial charge in [0.05, 0.1) is 3.79 Å². The van der Waals surface area contributed by atoms with Gasteiger partial charge in [-0.1, -0.05) is 23.7 Å². The Balaban J connectivity index is 1.44. The number of sulfonamides is 1. The van der Waals surface area contributed by atoms with Crippen molar-refractivity contribution in [2.24, 2.45) is 0 Å². The predicted octanol–water partition coefficient (Wildman–Crippen LogP) is 4.28. The third kappa shape index (κ3) is 5.54. The molecule has 5 nitrogen and oxygen atoms in total. The lowest BCUT2D eigenvalue weighted by molar-refractivity contribution is -0.122. The second-order valence-electron chi connectivity index (χ2n) is 6.77. The van der Waals surface area contributed by atoms with Crippen LogP contribution in [0.15, 0.2) is 44.4 Å². The molecule has 146 valence electrons. The van der Waals surface area contributed by atoms with Crippen molar-refractivity contribution in [2.45, 2.75) is 48.4 Å². The van der Waals surface area contributed by atoms with Gasteiger partial charge in [0, 0.05) is 23.5 Å². The highest BCUT2D eigenvalue weighted by Gasteiger charge is 2.31. The first-order valence-corrected chi connectivity index (χ1v) is 12.0. The maximum atomic E-state index is 12.3. The van der Waals surface area contributed by atoms with Crippen LogP contribution in [-0.4, -0.2) is 26.4 Å². The van der Waals surface area contributed by atoms with Crippen LogP contribution in [0.1, 0.15) is 37.7 Å². The molecule has 1 amide bonds. The van der Waals surface area contributed by atoms with Crippen LogP contribution in [-0.2, 0) is 14.8 Å². The molecule has 3 rings (SSSR count). The smallest absolute Gasteiger partial charge is 0.250 e. The lowest BCUT2D eigenvalue weighted by atomic mass is 9.76. The summed E-state index contributed by atoms with van der Waals surface area (Å²) in [5.74, 6) is 0.290. The van der Waals surface area contributed by atoms with Gasteiger partial charge in [-0.2, -0.15) is 0 Å². The molecule has 1 atom stereocenters. The SMILES string of the molecule is CC(CC(=O)NC1CC(c2ccc(Cl)cc2)C1)NS(=O)(=O)c1ccc(Br)s1. The average molecular weight is 492 g/mol. The van der Waals surface area contributed by atoms with Crippen molar-refractivity contribution in [1.29, 1.82) is 0 Å². The van der Waals surface area contributed by atoms with Gasteiger partial charge >= 0.3 is 0 Å². The molecule has 0 saturated heterocycles. The maximum Gasteiger partial charge on any atom is 0.250 e. The first kappa shape index (κ1) is 20.8. The number of carbonyl (C=O) groups is 1. The lowest BCUT2D eigenvalue weighted by Crippen LogP contribution is -2.45. The number of rotatable bonds is 7. The molecule has 0 bridgehead atoms. The number of hydrogen-bond donors (Lipinski definition) is 2. The largest absolute Gasteiger partial charge is 0.353 e. The van der Waals surface area contributed by atoms with Crippen LogP contribution in [0.2, 0.25) is 5.02 Å². The minimum atomic E-state index is -3.60. The topological polar surface area (TPSA) is 75.3 Å². The second kappa shape index (κ2) is 8.61. The van der Waals surface area contributed by atoms with Crippen LogP contribution >= 0.6 is 38.9 Å². The molecular formula is C18H20BrClN2O3S2. The Bertz CT molecular complexity index is 909. The van der Waals surface area contributed by atoms with Crippen molar-refractivity contribution in [3.63, 3.8) is 0 Å². The first-order chi connectivity index (χ1) is 12.7. The molecule has 1 aromatic carbocycles. The molecule has 1 unspecified atom stereocenters. The summed E-state index contributed by atoms with van der Waals surface area (Å²) >= 11 is 10.3. The Labute approximate surface area is 176 Å². The van der Waals surface area contributed by atoms with Crippen LogP contribution in [0.25, 0.3) is 0 Å². The van der Waals surface area contributed by atoms with E-state index < -0.39 is 16.1 Å². The Kier molecular flexibility index (Phi) is 6.63. The van der Waals surface area contributed by atoms with E-state index in [0.717, 1.165) is 28.0 Å². The monoisotopic (exact) mass is 490 g/mol. The second-order valence-corrected chi connectivity index (χ2v) is 11.6. The van der Waals surface area contributed by atoms with Crippen LogP contribution in [0.4, 0.5) is 0 Å². The van der Waals surface area contributed by atoms with Gasteiger partial charge < -0.3 is 5.32 Å². The van der Waals surface area contributed by atoms with Crippen molar-refractivity contribution < 1.29 is 13.2 Å². The highest BCUT2D eigenvalue weighted by atomic mass is 79.9. The van der Waals surface area contributed by atoms with Gasteiger partial charge in [-0.05, 0) is 71.4 Å². The van der Waals surface area contributed by atoms with E-state index in [2.05, 4.69) is 26.0 Å². The average Bonchev–Trinajstić information content (AvgIpc) is 2.98. The minimum Gasteiger partial charge on any atom is -0.353 e. The summed E-state index contributed by atoms with van der Waals surface area (Å²) in [4.78, 5) is 12.2. The van der Waals surface area contributed by atoms with Gasteiger partial charge in [-0.3, -0.25) is 4.79 Å². The molecule has 9 heteroatoms. The minimum absolute atomic E-state index is 0.105. The standard InChI is InChI=1S/C18H20BrClN2O3S2/c1-11(22-27(24,25)18-7-6-16(19)26-18)8-17(23)21-15-9-13(10-15)12-2-4-14(20)5-3-12/h2-7,11,13,15,22H,8-10H2,1H3,(H,21,23). The van der Waals surface area contributed by atoms with E-state index in [9.17, 15) is 13.2 Å². The van der Waals surface area contributed by atoms with E-state index in [-0.39, 0.29) is 22.6 Å². The van der Waals surface area contributed by atoms with Crippen LogP contribution in [0.3, 0.4) is 0 Å². The Morgan fingerprint density at radius 2 is 1.93 bits per heavy atom. The third-order valence-electron chi connectivity index (χ3n) is 4.51. The first-order valence-electron chi connectivity index (χ1n) is 8.55. The molecule has 1 heterocycles. The number of amides is 1.